The molecule has 0 bridgehead atoms. The first kappa shape index (κ1) is 5.56. The van der Waals surface area contributed by atoms with E-state index in [-0.39, 0.29) is 5.91 Å². The van der Waals surface area contributed by atoms with Crippen molar-refractivity contribution in [3.8, 4) is 0 Å². The Morgan fingerprint density at radius 3 is 3.12 bits per heavy atom. The van der Waals surface area contributed by atoms with E-state index in [9.17, 15) is 4.79 Å². The highest BCUT2D eigenvalue weighted by Gasteiger charge is 2.02. The number of carbonyl (C=O) groups excluding carboxylic acids is 1. The summed E-state index contributed by atoms with van der Waals surface area (Å²) in [6, 6.07) is 0. The van der Waals surface area contributed by atoms with Crippen LogP contribution < -0.4 is 10.9 Å². The molecule has 3 nitrogen and oxygen atoms in total. The third-order valence-electron chi connectivity index (χ3n) is 1.18. The normalized spacial score (nSPS) is 21.8. The van der Waals surface area contributed by atoms with Crippen LogP contribution in [0.4, 0.5) is 0 Å². The molecule has 1 saturated heterocycles. The van der Waals surface area contributed by atoms with Gasteiger partial charge in [-0.1, -0.05) is 0 Å². The molecular formula is C5H10N2O. The van der Waals surface area contributed by atoms with Crippen molar-refractivity contribution in [1.29, 1.82) is 0 Å². The molecule has 0 radical (unpaired) electrons. The van der Waals surface area contributed by atoms with Crippen LogP contribution in [-0.4, -0.2) is 12.5 Å². The molecule has 1 heterocycles. The number of hydrogen-bond acceptors (Lipinski definition) is 2. The van der Waals surface area contributed by atoms with Crippen molar-refractivity contribution in [2.45, 2.75) is 19.3 Å². The van der Waals surface area contributed by atoms with E-state index in [4.69, 9.17) is 0 Å². The quantitative estimate of drug-likeness (QED) is 0.457. The van der Waals surface area contributed by atoms with E-state index in [1.165, 1.54) is 0 Å². The smallest absolute Gasteiger partial charge is 0.234 e. The maximum atomic E-state index is 10.5. The Morgan fingerprint density at radius 1 is 1.38 bits per heavy atom. The number of amides is 1. The third-order valence-corrected chi connectivity index (χ3v) is 1.18. The summed E-state index contributed by atoms with van der Waals surface area (Å²) in [6.45, 7) is 0.908. The number of hydrogen-bond donors (Lipinski definition) is 2. The van der Waals surface area contributed by atoms with Crippen molar-refractivity contribution in [2.24, 2.45) is 0 Å². The minimum absolute atomic E-state index is 0.113. The fourth-order valence-corrected chi connectivity index (χ4v) is 0.723. The highest BCUT2D eigenvalue weighted by molar-refractivity contribution is 5.75. The second kappa shape index (κ2) is 2.67. The van der Waals surface area contributed by atoms with Crippen LogP contribution in [0, 0.1) is 0 Å². The van der Waals surface area contributed by atoms with Crippen molar-refractivity contribution in [3.05, 3.63) is 0 Å². The summed E-state index contributed by atoms with van der Waals surface area (Å²) in [6.07, 6.45) is 2.78. The fraction of sp³-hybridized carbons (Fsp3) is 0.800. The molecule has 2 N–H and O–H groups in total. The van der Waals surface area contributed by atoms with E-state index in [1.54, 1.807) is 0 Å². The molecular weight excluding hydrogens is 104 g/mol. The van der Waals surface area contributed by atoms with Gasteiger partial charge in [0.15, 0.2) is 0 Å². The van der Waals surface area contributed by atoms with E-state index in [2.05, 4.69) is 10.9 Å². The van der Waals surface area contributed by atoms with Crippen LogP contribution >= 0.6 is 0 Å². The molecule has 0 aliphatic carbocycles. The first-order chi connectivity index (χ1) is 3.89. The molecule has 3 heteroatoms. The summed E-state index contributed by atoms with van der Waals surface area (Å²) in [4.78, 5) is 10.5. The first-order valence-corrected chi connectivity index (χ1v) is 2.91. The molecule has 1 fully saturated rings. The lowest BCUT2D eigenvalue weighted by molar-refractivity contribution is -0.121. The van der Waals surface area contributed by atoms with Crippen LogP contribution in [0.3, 0.4) is 0 Å². The zero-order valence-corrected chi connectivity index (χ0v) is 4.74. The summed E-state index contributed by atoms with van der Waals surface area (Å²) in [5.41, 5.74) is 5.35. The van der Waals surface area contributed by atoms with E-state index < -0.39 is 0 Å². The zero-order valence-electron chi connectivity index (χ0n) is 4.74. The number of carbonyl (C=O) groups is 1. The summed E-state index contributed by atoms with van der Waals surface area (Å²) in [5, 5.41) is 0. The molecule has 0 aromatic rings. The summed E-state index contributed by atoms with van der Waals surface area (Å²) >= 11 is 0. The van der Waals surface area contributed by atoms with Gasteiger partial charge in [0.1, 0.15) is 0 Å². The van der Waals surface area contributed by atoms with Gasteiger partial charge in [0.25, 0.3) is 0 Å². The Kier molecular flexibility index (Phi) is 1.86. The van der Waals surface area contributed by atoms with Crippen LogP contribution in [-0.2, 0) is 4.79 Å². The monoisotopic (exact) mass is 114 g/mol. The van der Waals surface area contributed by atoms with E-state index in [0.717, 1.165) is 19.4 Å². The maximum Gasteiger partial charge on any atom is 0.234 e. The topological polar surface area (TPSA) is 41.1 Å². The SMILES string of the molecule is O=C1CCCCNN1. The van der Waals surface area contributed by atoms with Crippen LogP contribution in [0.1, 0.15) is 19.3 Å². The molecule has 1 amide bonds. The molecule has 0 saturated carbocycles. The molecule has 1 aliphatic heterocycles. The lowest BCUT2D eigenvalue weighted by Gasteiger charge is -1.96. The van der Waals surface area contributed by atoms with Crippen molar-refractivity contribution >= 4 is 5.91 Å². The Bertz CT molecular complexity index is 82.4. The highest BCUT2D eigenvalue weighted by atomic mass is 16.2. The highest BCUT2D eigenvalue weighted by Crippen LogP contribution is 1.95. The Balaban J connectivity index is 2.27. The predicted molar refractivity (Wildman–Crippen MR) is 30.0 cm³/mol. The number of rotatable bonds is 0. The molecule has 0 unspecified atom stereocenters. The largest absolute Gasteiger partial charge is 0.292 e. The van der Waals surface area contributed by atoms with Gasteiger partial charge in [-0.05, 0) is 12.8 Å². The fourth-order valence-electron chi connectivity index (χ4n) is 0.723. The van der Waals surface area contributed by atoms with Gasteiger partial charge in [0, 0.05) is 13.0 Å². The van der Waals surface area contributed by atoms with Gasteiger partial charge in [-0.15, -0.1) is 0 Å². The molecule has 1 aliphatic rings. The van der Waals surface area contributed by atoms with Gasteiger partial charge >= 0.3 is 0 Å². The van der Waals surface area contributed by atoms with E-state index in [0.29, 0.717) is 6.42 Å². The lowest BCUT2D eigenvalue weighted by atomic mass is 10.2. The number of nitrogens with one attached hydrogen (secondary N) is 2. The van der Waals surface area contributed by atoms with Crippen LogP contribution in [0.25, 0.3) is 0 Å². The van der Waals surface area contributed by atoms with Gasteiger partial charge in [0.05, 0.1) is 0 Å². The van der Waals surface area contributed by atoms with Crippen LogP contribution in [0.2, 0.25) is 0 Å². The molecule has 0 atom stereocenters. The Labute approximate surface area is 48.4 Å². The van der Waals surface area contributed by atoms with Crippen molar-refractivity contribution in [1.82, 2.24) is 10.9 Å². The first-order valence-electron chi connectivity index (χ1n) is 2.91. The van der Waals surface area contributed by atoms with Crippen molar-refractivity contribution in [3.63, 3.8) is 0 Å². The molecule has 0 aromatic heterocycles. The standard InChI is InChI=1S/C5H10N2O/c8-5-3-1-2-4-6-7-5/h6H,1-4H2,(H,7,8). The van der Waals surface area contributed by atoms with Gasteiger partial charge in [-0.3, -0.25) is 10.2 Å². The van der Waals surface area contributed by atoms with Crippen molar-refractivity contribution < 1.29 is 4.79 Å². The second-order valence-corrected chi connectivity index (χ2v) is 1.93. The Hall–Kier alpha value is -0.570. The molecule has 0 spiro atoms. The minimum atomic E-state index is 0.113. The van der Waals surface area contributed by atoms with Crippen LogP contribution in [0.5, 0.6) is 0 Å². The Morgan fingerprint density at radius 2 is 2.25 bits per heavy atom. The molecule has 46 valence electrons. The average molecular weight is 114 g/mol. The van der Waals surface area contributed by atoms with Gasteiger partial charge in [-0.25, -0.2) is 5.43 Å². The summed E-state index contributed by atoms with van der Waals surface area (Å²) in [5.74, 6) is 0.113. The predicted octanol–water partition coefficient (Wildman–Crippen LogP) is -0.209. The lowest BCUT2D eigenvalue weighted by Crippen LogP contribution is -2.35. The van der Waals surface area contributed by atoms with Gasteiger partial charge in [-0.2, -0.15) is 0 Å². The second-order valence-electron chi connectivity index (χ2n) is 1.93. The summed E-state index contributed by atoms with van der Waals surface area (Å²) < 4.78 is 0. The van der Waals surface area contributed by atoms with E-state index >= 15 is 0 Å². The summed E-state index contributed by atoms with van der Waals surface area (Å²) in [7, 11) is 0. The van der Waals surface area contributed by atoms with E-state index in [1.807, 2.05) is 0 Å². The third kappa shape index (κ3) is 1.50. The average Bonchev–Trinajstić information content (AvgIpc) is 1.94. The molecule has 0 aromatic carbocycles. The van der Waals surface area contributed by atoms with Crippen molar-refractivity contribution in [2.75, 3.05) is 6.54 Å². The van der Waals surface area contributed by atoms with Crippen LogP contribution in [0.15, 0.2) is 0 Å². The molecule has 1 rings (SSSR count). The maximum absolute atomic E-state index is 10.5. The van der Waals surface area contributed by atoms with Gasteiger partial charge < -0.3 is 0 Å². The molecule has 8 heavy (non-hydrogen) atoms. The van der Waals surface area contributed by atoms with Gasteiger partial charge in [0.2, 0.25) is 5.91 Å². The zero-order chi connectivity index (χ0) is 5.82. The number of hydrazine groups is 1. The minimum Gasteiger partial charge on any atom is -0.292 e.